The van der Waals surface area contributed by atoms with Crippen molar-refractivity contribution in [1.82, 2.24) is 19.5 Å². The number of aromatic nitrogens is 4. The van der Waals surface area contributed by atoms with Crippen molar-refractivity contribution in [3.63, 3.8) is 0 Å². The molecule has 1 aliphatic heterocycles. The Morgan fingerprint density at radius 3 is 2.83 bits per heavy atom. The number of anilines is 2. The predicted octanol–water partition coefficient (Wildman–Crippen LogP) is 0.743. The number of allylic oxidation sites excluding steroid dienone is 1. The number of methoxy groups -OCH3 is 1. The molecule has 128 valence electrons. The zero-order valence-corrected chi connectivity index (χ0v) is 13.9. The van der Waals surface area contributed by atoms with E-state index in [4.69, 9.17) is 10.5 Å². The van der Waals surface area contributed by atoms with Crippen molar-refractivity contribution in [3.8, 4) is 0 Å². The summed E-state index contributed by atoms with van der Waals surface area (Å²) in [4.78, 5) is 15.4. The molecule has 2 aliphatic rings. The molecule has 0 aromatic carbocycles. The van der Waals surface area contributed by atoms with E-state index in [9.17, 15) is 5.11 Å². The number of nitrogen functional groups attached to an aromatic ring is 1. The first-order valence-electron chi connectivity index (χ1n) is 8.12. The van der Waals surface area contributed by atoms with Crippen LogP contribution in [-0.4, -0.2) is 57.0 Å². The number of hydrogen-bond donors (Lipinski definition) is 2. The quantitative estimate of drug-likeness (QED) is 0.797. The average molecular weight is 330 g/mol. The number of nitrogens with two attached hydrogens (primary N) is 1. The SMILES string of the molecule is COC1(C)CN(c2nc(N)nc3c2ncn3C2C=CC(CO)C2)C1. The molecule has 3 heterocycles. The summed E-state index contributed by atoms with van der Waals surface area (Å²) in [6.45, 7) is 3.73. The zero-order valence-electron chi connectivity index (χ0n) is 13.9. The van der Waals surface area contributed by atoms with Crippen LogP contribution in [0.4, 0.5) is 11.8 Å². The van der Waals surface area contributed by atoms with Crippen LogP contribution in [0.3, 0.4) is 0 Å². The highest BCUT2D eigenvalue weighted by atomic mass is 16.5. The Labute approximate surface area is 140 Å². The van der Waals surface area contributed by atoms with Gasteiger partial charge in [0, 0.05) is 19.6 Å². The minimum Gasteiger partial charge on any atom is -0.396 e. The van der Waals surface area contributed by atoms with Crippen LogP contribution in [-0.2, 0) is 4.74 Å². The summed E-state index contributed by atoms with van der Waals surface area (Å²) in [5.74, 6) is 1.18. The Kier molecular flexibility index (Phi) is 3.47. The van der Waals surface area contributed by atoms with E-state index in [0.29, 0.717) is 0 Å². The van der Waals surface area contributed by atoms with Crippen molar-refractivity contribution in [2.75, 3.05) is 37.4 Å². The van der Waals surface area contributed by atoms with E-state index in [1.54, 1.807) is 13.4 Å². The van der Waals surface area contributed by atoms with Crippen LogP contribution in [0, 0.1) is 5.92 Å². The van der Waals surface area contributed by atoms with Gasteiger partial charge in [0.25, 0.3) is 0 Å². The highest BCUT2D eigenvalue weighted by Crippen LogP contribution is 2.35. The molecule has 24 heavy (non-hydrogen) atoms. The molecule has 0 amide bonds. The lowest BCUT2D eigenvalue weighted by molar-refractivity contribution is -0.0170. The molecule has 0 saturated carbocycles. The first-order chi connectivity index (χ1) is 11.5. The summed E-state index contributed by atoms with van der Waals surface area (Å²) in [5, 5.41) is 9.33. The van der Waals surface area contributed by atoms with Crippen LogP contribution in [0.1, 0.15) is 19.4 Å². The van der Waals surface area contributed by atoms with E-state index in [-0.39, 0.29) is 30.1 Å². The summed E-state index contributed by atoms with van der Waals surface area (Å²) in [7, 11) is 1.72. The maximum absolute atomic E-state index is 9.33. The molecule has 0 spiro atoms. The van der Waals surface area contributed by atoms with Gasteiger partial charge in [-0.25, -0.2) is 4.98 Å². The average Bonchev–Trinajstić information content (AvgIpc) is 3.17. The molecule has 2 atom stereocenters. The number of hydrogen-bond acceptors (Lipinski definition) is 7. The second kappa shape index (κ2) is 5.42. The van der Waals surface area contributed by atoms with Crippen LogP contribution in [0.25, 0.3) is 11.2 Å². The van der Waals surface area contributed by atoms with E-state index in [0.717, 1.165) is 36.5 Å². The topological polar surface area (TPSA) is 102 Å². The Morgan fingerprint density at radius 2 is 2.17 bits per heavy atom. The largest absolute Gasteiger partial charge is 0.396 e. The lowest BCUT2D eigenvalue weighted by atomic mass is 9.96. The Morgan fingerprint density at radius 1 is 1.38 bits per heavy atom. The molecule has 1 fully saturated rings. The van der Waals surface area contributed by atoms with Gasteiger partial charge in [-0.15, -0.1) is 0 Å². The summed E-state index contributed by atoms with van der Waals surface area (Å²) < 4.78 is 7.52. The van der Waals surface area contributed by atoms with E-state index in [2.05, 4.69) is 32.9 Å². The molecular formula is C16H22N6O2. The molecule has 0 radical (unpaired) electrons. The van der Waals surface area contributed by atoms with Gasteiger partial charge >= 0.3 is 0 Å². The van der Waals surface area contributed by atoms with Crippen molar-refractivity contribution in [1.29, 1.82) is 0 Å². The van der Waals surface area contributed by atoms with E-state index < -0.39 is 0 Å². The van der Waals surface area contributed by atoms with Gasteiger partial charge in [-0.05, 0) is 13.3 Å². The second-order valence-electron chi connectivity index (χ2n) is 6.87. The number of aliphatic hydroxyl groups is 1. The van der Waals surface area contributed by atoms with Crippen LogP contribution < -0.4 is 10.6 Å². The molecular weight excluding hydrogens is 308 g/mol. The fourth-order valence-electron chi connectivity index (χ4n) is 3.52. The minimum atomic E-state index is -0.156. The molecule has 2 unspecified atom stereocenters. The molecule has 1 saturated heterocycles. The van der Waals surface area contributed by atoms with E-state index >= 15 is 0 Å². The third-order valence-corrected chi connectivity index (χ3v) is 5.00. The lowest BCUT2D eigenvalue weighted by Gasteiger charge is -2.47. The van der Waals surface area contributed by atoms with Gasteiger partial charge < -0.3 is 25.0 Å². The van der Waals surface area contributed by atoms with Gasteiger partial charge in [-0.3, -0.25) is 0 Å². The highest BCUT2D eigenvalue weighted by Gasteiger charge is 2.41. The van der Waals surface area contributed by atoms with E-state index in [1.165, 1.54) is 0 Å². The van der Waals surface area contributed by atoms with Gasteiger partial charge in [0.15, 0.2) is 17.0 Å². The van der Waals surface area contributed by atoms with Gasteiger partial charge in [-0.1, -0.05) is 12.2 Å². The standard InChI is InChI=1S/C16H22N6O2/c1-16(24-2)7-21(8-16)13-12-14(20-15(17)19-13)22(9-18-12)11-4-3-10(5-11)6-23/h3-4,9-11,23H,5-8H2,1-2H3,(H2,17,19,20). The fraction of sp³-hybridized carbons (Fsp3) is 0.562. The van der Waals surface area contributed by atoms with Gasteiger partial charge in [-0.2, -0.15) is 9.97 Å². The highest BCUT2D eigenvalue weighted by molar-refractivity contribution is 5.85. The molecule has 3 N–H and O–H groups in total. The first-order valence-corrected chi connectivity index (χ1v) is 8.12. The van der Waals surface area contributed by atoms with Crippen molar-refractivity contribution in [2.24, 2.45) is 5.92 Å². The smallest absolute Gasteiger partial charge is 0.224 e. The molecule has 1 aliphatic carbocycles. The summed E-state index contributed by atoms with van der Waals surface area (Å²) in [6, 6.07) is 0.134. The maximum atomic E-state index is 9.33. The van der Waals surface area contributed by atoms with Crippen molar-refractivity contribution in [3.05, 3.63) is 18.5 Å². The molecule has 4 rings (SSSR count). The third-order valence-electron chi connectivity index (χ3n) is 5.00. The first kappa shape index (κ1) is 15.3. The van der Waals surface area contributed by atoms with Crippen molar-refractivity contribution < 1.29 is 9.84 Å². The van der Waals surface area contributed by atoms with Crippen LogP contribution in [0.5, 0.6) is 0 Å². The van der Waals surface area contributed by atoms with Gasteiger partial charge in [0.2, 0.25) is 5.95 Å². The summed E-state index contributed by atoms with van der Waals surface area (Å²) >= 11 is 0. The number of imidazole rings is 1. The normalized spacial score (nSPS) is 25.4. The number of rotatable bonds is 4. The lowest BCUT2D eigenvalue weighted by Crippen LogP contribution is -2.61. The molecule has 8 heteroatoms. The van der Waals surface area contributed by atoms with Crippen LogP contribution in [0.2, 0.25) is 0 Å². The fourth-order valence-corrected chi connectivity index (χ4v) is 3.52. The molecule has 2 aromatic heterocycles. The van der Waals surface area contributed by atoms with Gasteiger partial charge in [0.1, 0.15) is 0 Å². The third kappa shape index (κ3) is 2.33. The van der Waals surface area contributed by atoms with Crippen LogP contribution in [0.15, 0.2) is 18.5 Å². The number of aliphatic hydroxyl groups excluding tert-OH is 1. The molecule has 8 nitrogen and oxygen atoms in total. The number of nitrogens with zero attached hydrogens (tertiary/aromatic N) is 5. The summed E-state index contributed by atoms with van der Waals surface area (Å²) in [5.41, 5.74) is 7.27. The number of ether oxygens (including phenoxy) is 1. The van der Waals surface area contributed by atoms with Crippen molar-refractivity contribution in [2.45, 2.75) is 25.0 Å². The Bertz CT molecular complexity index is 795. The predicted molar refractivity (Wildman–Crippen MR) is 90.7 cm³/mol. The Hall–Kier alpha value is -2.19. The monoisotopic (exact) mass is 330 g/mol. The maximum Gasteiger partial charge on any atom is 0.224 e. The molecule has 2 aromatic rings. The van der Waals surface area contributed by atoms with Crippen molar-refractivity contribution >= 4 is 22.9 Å². The Balaban J connectivity index is 1.69. The van der Waals surface area contributed by atoms with E-state index in [1.807, 2.05) is 10.6 Å². The molecule has 0 bridgehead atoms. The van der Waals surface area contributed by atoms with Crippen LogP contribution >= 0.6 is 0 Å². The second-order valence-corrected chi connectivity index (χ2v) is 6.87. The minimum absolute atomic E-state index is 0.134. The zero-order chi connectivity index (χ0) is 16.9. The number of fused-ring (bicyclic) bond motifs is 1. The summed E-state index contributed by atoms with van der Waals surface area (Å²) in [6.07, 6.45) is 6.76. The van der Waals surface area contributed by atoms with Gasteiger partial charge in [0.05, 0.1) is 31.1 Å².